The SMILES string of the molecule is C[n+]1c2ccccc2n2cc3ccc([N+](=O)[O-])cc3c(-c3ccccc3)c21. The number of imidazole rings is 1. The first-order valence-corrected chi connectivity index (χ1v) is 8.70. The Labute approximate surface area is 154 Å². The van der Waals surface area contributed by atoms with E-state index in [2.05, 4.69) is 27.3 Å². The molecule has 2 heterocycles. The summed E-state index contributed by atoms with van der Waals surface area (Å²) in [4.78, 5) is 11.0. The summed E-state index contributed by atoms with van der Waals surface area (Å²) in [5, 5.41) is 13.2. The van der Waals surface area contributed by atoms with Crippen LogP contribution in [0.25, 0.3) is 38.6 Å². The molecular formula is C22H16N3O2+. The molecule has 0 saturated heterocycles. The molecule has 0 aliphatic rings. The second-order valence-electron chi connectivity index (χ2n) is 6.64. The van der Waals surface area contributed by atoms with Crippen molar-refractivity contribution in [3.8, 4) is 11.1 Å². The average molecular weight is 354 g/mol. The molecule has 5 nitrogen and oxygen atoms in total. The van der Waals surface area contributed by atoms with Crippen molar-refractivity contribution in [2.45, 2.75) is 0 Å². The second kappa shape index (κ2) is 5.64. The number of nitro groups is 1. The lowest BCUT2D eigenvalue weighted by Gasteiger charge is -2.07. The standard InChI is InChI=1S/C22H16N3O2/c1-23-19-9-5-6-10-20(19)24-14-16-11-12-17(25(26)27)13-18(16)21(22(23)24)15-7-3-2-4-8-15/h2-14H,1H3/q+1. The van der Waals surface area contributed by atoms with Crippen LogP contribution in [-0.4, -0.2) is 9.32 Å². The van der Waals surface area contributed by atoms with Crippen molar-refractivity contribution in [3.63, 3.8) is 0 Å². The molecule has 130 valence electrons. The van der Waals surface area contributed by atoms with Crippen LogP contribution in [0.1, 0.15) is 0 Å². The third-order valence-electron chi connectivity index (χ3n) is 5.12. The van der Waals surface area contributed by atoms with E-state index < -0.39 is 0 Å². The van der Waals surface area contributed by atoms with Crippen molar-refractivity contribution < 1.29 is 9.49 Å². The lowest BCUT2D eigenvalue weighted by Crippen LogP contribution is -2.27. The third kappa shape index (κ3) is 2.22. The van der Waals surface area contributed by atoms with Crippen LogP contribution in [0, 0.1) is 10.1 Å². The molecule has 3 aromatic carbocycles. The van der Waals surface area contributed by atoms with E-state index in [1.54, 1.807) is 12.1 Å². The van der Waals surface area contributed by atoms with Crippen LogP contribution in [0.4, 0.5) is 5.69 Å². The van der Waals surface area contributed by atoms with Crippen molar-refractivity contribution in [1.29, 1.82) is 0 Å². The Morgan fingerprint density at radius 2 is 1.70 bits per heavy atom. The number of hydrogen-bond acceptors (Lipinski definition) is 2. The number of non-ortho nitro benzene ring substituents is 1. The van der Waals surface area contributed by atoms with Gasteiger partial charge in [0.1, 0.15) is 6.20 Å². The highest BCUT2D eigenvalue weighted by Gasteiger charge is 2.24. The lowest BCUT2D eigenvalue weighted by atomic mass is 9.99. The number of nitrogens with zero attached hydrogens (tertiary/aromatic N) is 3. The molecule has 0 bridgehead atoms. The molecule has 0 fully saturated rings. The molecule has 0 atom stereocenters. The van der Waals surface area contributed by atoms with Crippen LogP contribution in [0.15, 0.2) is 79.0 Å². The summed E-state index contributed by atoms with van der Waals surface area (Å²) >= 11 is 0. The number of aromatic nitrogens is 2. The number of pyridine rings is 1. The number of nitro benzene ring substituents is 1. The number of benzene rings is 3. The maximum Gasteiger partial charge on any atom is 0.295 e. The van der Waals surface area contributed by atoms with Gasteiger partial charge in [0.05, 0.1) is 17.5 Å². The monoisotopic (exact) mass is 354 g/mol. The maximum atomic E-state index is 11.4. The number of para-hydroxylation sites is 2. The number of aryl methyl sites for hydroxylation is 1. The summed E-state index contributed by atoms with van der Waals surface area (Å²) in [7, 11) is 2.04. The molecule has 5 rings (SSSR count). The molecule has 5 heteroatoms. The van der Waals surface area contributed by atoms with E-state index in [-0.39, 0.29) is 10.6 Å². The summed E-state index contributed by atoms with van der Waals surface area (Å²) < 4.78 is 4.32. The van der Waals surface area contributed by atoms with Crippen LogP contribution in [0.2, 0.25) is 0 Å². The Kier molecular flexibility index (Phi) is 3.24. The third-order valence-corrected chi connectivity index (χ3v) is 5.12. The zero-order chi connectivity index (χ0) is 18.5. The summed E-state index contributed by atoms with van der Waals surface area (Å²) in [6, 6.07) is 23.3. The van der Waals surface area contributed by atoms with Gasteiger partial charge in [-0.1, -0.05) is 42.5 Å². The van der Waals surface area contributed by atoms with E-state index in [1.807, 2.05) is 55.6 Å². The van der Waals surface area contributed by atoms with Gasteiger partial charge in [0, 0.05) is 22.9 Å². The molecule has 27 heavy (non-hydrogen) atoms. The van der Waals surface area contributed by atoms with Crippen LogP contribution in [0.5, 0.6) is 0 Å². The summed E-state index contributed by atoms with van der Waals surface area (Å²) in [6.45, 7) is 0. The molecular weight excluding hydrogens is 338 g/mol. The van der Waals surface area contributed by atoms with E-state index in [1.165, 1.54) is 0 Å². The minimum absolute atomic E-state index is 0.0998. The largest absolute Gasteiger partial charge is 0.295 e. The Bertz CT molecular complexity index is 1350. The molecule has 0 aliphatic carbocycles. The smallest absolute Gasteiger partial charge is 0.258 e. The highest BCUT2D eigenvalue weighted by molar-refractivity contribution is 6.04. The molecule has 0 radical (unpaired) electrons. The summed E-state index contributed by atoms with van der Waals surface area (Å²) in [5.74, 6) is 0. The zero-order valence-corrected chi connectivity index (χ0v) is 14.7. The lowest BCUT2D eigenvalue weighted by molar-refractivity contribution is -0.617. The van der Waals surface area contributed by atoms with Crippen LogP contribution in [-0.2, 0) is 7.05 Å². The van der Waals surface area contributed by atoms with Gasteiger partial charge in [0.2, 0.25) is 0 Å². The minimum Gasteiger partial charge on any atom is -0.258 e. The summed E-state index contributed by atoms with van der Waals surface area (Å²) in [6.07, 6.45) is 2.06. The topological polar surface area (TPSA) is 51.4 Å². The van der Waals surface area contributed by atoms with E-state index in [0.717, 1.165) is 38.6 Å². The average Bonchev–Trinajstić information content (AvgIpc) is 2.99. The predicted molar refractivity (Wildman–Crippen MR) is 106 cm³/mol. The molecule has 0 saturated carbocycles. The van der Waals surface area contributed by atoms with E-state index in [4.69, 9.17) is 0 Å². The Morgan fingerprint density at radius 1 is 0.963 bits per heavy atom. The number of rotatable bonds is 2. The molecule has 0 N–H and O–H groups in total. The fourth-order valence-electron chi connectivity index (χ4n) is 3.90. The molecule has 0 unspecified atom stereocenters. The van der Waals surface area contributed by atoms with Gasteiger partial charge >= 0.3 is 0 Å². The van der Waals surface area contributed by atoms with E-state index in [0.29, 0.717) is 0 Å². The van der Waals surface area contributed by atoms with Crippen LogP contribution < -0.4 is 4.57 Å². The van der Waals surface area contributed by atoms with Crippen molar-refractivity contribution in [2.24, 2.45) is 7.05 Å². The first-order chi connectivity index (χ1) is 13.1. The Hall–Kier alpha value is -3.73. The highest BCUT2D eigenvalue weighted by Crippen LogP contribution is 2.35. The van der Waals surface area contributed by atoms with Gasteiger partial charge in [-0.2, -0.15) is 4.40 Å². The summed E-state index contributed by atoms with van der Waals surface area (Å²) in [5.41, 5.74) is 5.35. The van der Waals surface area contributed by atoms with Crippen molar-refractivity contribution in [1.82, 2.24) is 4.40 Å². The quantitative estimate of drug-likeness (QED) is 0.263. The Balaban J connectivity index is 2.06. The van der Waals surface area contributed by atoms with Crippen molar-refractivity contribution >= 4 is 33.1 Å². The van der Waals surface area contributed by atoms with Gasteiger partial charge in [0.15, 0.2) is 11.0 Å². The van der Waals surface area contributed by atoms with Gasteiger partial charge in [-0.3, -0.25) is 10.1 Å². The van der Waals surface area contributed by atoms with Crippen molar-refractivity contribution in [2.75, 3.05) is 0 Å². The molecule has 5 aromatic rings. The first-order valence-electron chi connectivity index (χ1n) is 8.70. The van der Waals surface area contributed by atoms with Crippen LogP contribution >= 0.6 is 0 Å². The molecule has 2 aromatic heterocycles. The second-order valence-corrected chi connectivity index (χ2v) is 6.64. The fraction of sp³-hybridized carbons (Fsp3) is 0.0455. The normalized spacial score (nSPS) is 11.4. The molecule has 0 spiro atoms. The van der Waals surface area contributed by atoms with Gasteiger partial charge in [0.25, 0.3) is 11.3 Å². The maximum absolute atomic E-state index is 11.4. The number of hydrogen-bond donors (Lipinski definition) is 0. The molecule has 0 aliphatic heterocycles. The number of fused-ring (bicyclic) bond motifs is 4. The van der Waals surface area contributed by atoms with Gasteiger partial charge in [-0.15, -0.1) is 0 Å². The van der Waals surface area contributed by atoms with Crippen LogP contribution in [0.3, 0.4) is 0 Å². The highest BCUT2D eigenvalue weighted by atomic mass is 16.6. The fourth-order valence-corrected chi connectivity index (χ4v) is 3.90. The Morgan fingerprint density at radius 3 is 2.48 bits per heavy atom. The predicted octanol–water partition coefficient (Wildman–Crippen LogP) is 4.65. The zero-order valence-electron chi connectivity index (χ0n) is 14.7. The van der Waals surface area contributed by atoms with E-state index >= 15 is 0 Å². The van der Waals surface area contributed by atoms with Gasteiger partial charge in [-0.25, -0.2) is 4.57 Å². The molecule has 0 amide bonds. The van der Waals surface area contributed by atoms with E-state index in [9.17, 15) is 10.1 Å². The van der Waals surface area contributed by atoms with Crippen molar-refractivity contribution in [3.05, 3.63) is 89.1 Å². The van der Waals surface area contributed by atoms with Gasteiger partial charge < -0.3 is 0 Å². The minimum atomic E-state index is -0.340. The van der Waals surface area contributed by atoms with Gasteiger partial charge in [-0.05, 0) is 23.8 Å². The first kappa shape index (κ1) is 15.5.